The van der Waals surface area contributed by atoms with Gasteiger partial charge in [0.2, 0.25) is 0 Å². The van der Waals surface area contributed by atoms with Crippen LogP contribution in [0, 0.1) is 12.8 Å². The molecule has 1 saturated heterocycles. The molecule has 0 aromatic heterocycles. The normalized spacial score (nSPS) is 28.1. The molecule has 2 atom stereocenters. The van der Waals surface area contributed by atoms with Crippen molar-refractivity contribution in [3.8, 4) is 0 Å². The molecule has 2 rings (SSSR count). The van der Waals surface area contributed by atoms with Crippen LogP contribution in [0.3, 0.4) is 0 Å². The Balaban J connectivity index is 2.34. The summed E-state index contributed by atoms with van der Waals surface area (Å²) in [4.78, 5) is 11.8. The Morgan fingerprint density at radius 2 is 2.06 bits per heavy atom. The zero-order chi connectivity index (χ0) is 12.5. The second-order valence-electron chi connectivity index (χ2n) is 4.99. The van der Waals surface area contributed by atoms with Crippen molar-refractivity contribution in [1.82, 2.24) is 5.32 Å². The molecule has 3 heteroatoms. The maximum atomic E-state index is 11.8. The maximum Gasteiger partial charge on any atom is 0.310 e. The van der Waals surface area contributed by atoms with E-state index in [0.29, 0.717) is 6.54 Å². The van der Waals surface area contributed by atoms with Crippen LogP contribution < -0.4 is 5.32 Å². The molecule has 3 nitrogen and oxygen atoms in total. The van der Waals surface area contributed by atoms with Crippen LogP contribution in [-0.4, -0.2) is 26.2 Å². The molecule has 0 spiro atoms. The van der Waals surface area contributed by atoms with E-state index in [1.165, 1.54) is 18.2 Å². The molecule has 1 aromatic carbocycles. The minimum absolute atomic E-state index is 0.102. The van der Waals surface area contributed by atoms with Crippen LogP contribution in [-0.2, 0) is 14.9 Å². The first kappa shape index (κ1) is 12.1. The third kappa shape index (κ3) is 2.07. The van der Waals surface area contributed by atoms with Gasteiger partial charge in [0.05, 0.1) is 13.0 Å². The zero-order valence-electron chi connectivity index (χ0n) is 10.6. The topological polar surface area (TPSA) is 38.3 Å². The lowest BCUT2D eigenvalue weighted by atomic mass is 9.74. The average Bonchev–Trinajstić information content (AvgIpc) is 2.72. The van der Waals surface area contributed by atoms with Crippen molar-refractivity contribution in [2.24, 2.45) is 5.92 Å². The molecule has 0 radical (unpaired) electrons. The van der Waals surface area contributed by atoms with Gasteiger partial charge in [-0.25, -0.2) is 0 Å². The molecule has 1 heterocycles. The van der Waals surface area contributed by atoms with E-state index in [9.17, 15) is 4.79 Å². The number of aryl methyl sites for hydroxylation is 1. The number of esters is 1. The Labute approximate surface area is 102 Å². The van der Waals surface area contributed by atoms with Gasteiger partial charge in [-0.3, -0.25) is 4.79 Å². The first-order chi connectivity index (χ1) is 8.08. The molecular formula is C14H19NO2. The summed E-state index contributed by atoms with van der Waals surface area (Å²) >= 11 is 0. The summed E-state index contributed by atoms with van der Waals surface area (Å²) in [5.41, 5.74) is 2.27. The fourth-order valence-corrected chi connectivity index (χ4v) is 2.55. The Morgan fingerprint density at radius 3 is 2.65 bits per heavy atom. The van der Waals surface area contributed by atoms with E-state index in [2.05, 4.69) is 43.4 Å². The highest BCUT2D eigenvalue weighted by atomic mass is 16.5. The number of carbonyl (C=O) groups is 1. The molecule has 92 valence electrons. The number of carbonyl (C=O) groups excluding carboxylic acids is 1. The number of rotatable bonds is 2. The van der Waals surface area contributed by atoms with Crippen LogP contribution in [0.5, 0.6) is 0 Å². The second-order valence-corrected chi connectivity index (χ2v) is 4.99. The highest BCUT2D eigenvalue weighted by molar-refractivity contribution is 5.75. The summed E-state index contributed by atoms with van der Waals surface area (Å²) in [6.45, 7) is 5.70. The number of benzene rings is 1. The fourth-order valence-electron chi connectivity index (χ4n) is 2.55. The van der Waals surface area contributed by atoms with Crippen molar-refractivity contribution >= 4 is 5.97 Å². The van der Waals surface area contributed by atoms with Gasteiger partial charge in [-0.05, 0) is 12.5 Å². The molecule has 1 aromatic rings. The molecule has 0 aliphatic carbocycles. The number of methoxy groups -OCH3 is 1. The Hall–Kier alpha value is -1.35. The highest BCUT2D eigenvalue weighted by Crippen LogP contribution is 2.35. The van der Waals surface area contributed by atoms with Crippen LogP contribution in [0.15, 0.2) is 24.3 Å². The van der Waals surface area contributed by atoms with E-state index in [4.69, 9.17) is 4.74 Å². The fraction of sp³-hybridized carbons (Fsp3) is 0.500. The minimum Gasteiger partial charge on any atom is -0.469 e. The van der Waals surface area contributed by atoms with Gasteiger partial charge in [-0.15, -0.1) is 0 Å². The monoisotopic (exact) mass is 233 g/mol. The lowest BCUT2D eigenvalue weighted by Gasteiger charge is -2.29. The molecule has 0 amide bonds. The molecule has 0 saturated carbocycles. The highest BCUT2D eigenvalue weighted by Gasteiger charge is 2.44. The Bertz CT molecular complexity index is 413. The van der Waals surface area contributed by atoms with Crippen LogP contribution in [0.1, 0.15) is 18.1 Å². The molecule has 1 aliphatic heterocycles. The third-order valence-electron chi connectivity index (χ3n) is 3.81. The molecule has 2 unspecified atom stereocenters. The summed E-state index contributed by atoms with van der Waals surface area (Å²) in [6.07, 6.45) is 0. The molecule has 17 heavy (non-hydrogen) atoms. The van der Waals surface area contributed by atoms with Crippen LogP contribution in [0.25, 0.3) is 0 Å². The van der Waals surface area contributed by atoms with E-state index in [1.807, 2.05) is 0 Å². The van der Waals surface area contributed by atoms with Gasteiger partial charge in [0.15, 0.2) is 0 Å². The second kappa shape index (κ2) is 4.49. The van der Waals surface area contributed by atoms with Gasteiger partial charge in [-0.1, -0.05) is 36.8 Å². The van der Waals surface area contributed by atoms with Crippen molar-refractivity contribution in [3.05, 3.63) is 35.4 Å². The predicted molar refractivity (Wildman–Crippen MR) is 66.9 cm³/mol. The van der Waals surface area contributed by atoms with Crippen LogP contribution in [0.4, 0.5) is 0 Å². The van der Waals surface area contributed by atoms with E-state index < -0.39 is 0 Å². The minimum atomic E-state index is -0.166. The maximum absolute atomic E-state index is 11.8. The zero-order valence-corrected chi connectivity index (χ0v) is 10.6. The van der Waals surface area contributed by atoms with Gasteiger partial charge in [0, 0.05) is 18.5 Å². The first-order valence-electron chi connectivity index (χ1n) is 5.93. The number of ether oxygens (including phenoxy) is 1. The van der Waals surface area contributed by atoms with E-state index >= 15 is 0 Å². The van der Waals surface area contributed by atoms with Gasteiger partial charge in [-0.2, -0.15) is 0 Å². The van der Waals surface area contributed by atoms with E-state index in [0.717, 1.165) is 6.54 Å². The van der Waals surface area contributed by atoms with E-state index in [1.54, 1.807) is 0 Å². The molecule has 0 bridgehead atoms. The van der Waals surface area contributed by atoms with Gasteiger partial charge in [0.1, 0.15) is 0 Å². The molecule has 1 fully saturated rings. The average molecular weight is 233 g/mol. The third-order valence-corrected chi connectivity index (χ3v) is 3.81. The summed E-state index contributed by atoms with van der Waals surface area (Å²) < 4.78 is 4.90. The summed E-state index contributed by atoms with van der Waals surface area (Å²) in [6, 6.07) is 8.40. The lowest BCUT2D eigenvalue weighted by molar-refractivity contribution is -0.146. The molecule has 1 aliphatic rings. The number of hydrogen-bond acceptors (Lipinski definition) is 3. The number of hydrogen-bond donors (Lipinski definition) is 1. The Morgan fingerprint density at radius 1 is 1.41 bits per heavy atom. The van der Waals surface area contributed by atoms with Crippen molar-refractivity contribution in [1.29, 1.82) is 0 Å². The van der Waals surface area contributed by atoms with Crippen LogP contribution >= 0.6 is 0 Å². The molecule has 1 N–H and O–H groups in total. The first-order valence-corrected chi connectivity index (χ1v) is 5.93. The van der Waals surface area contributed by atoms with Gasteiger partial charge < -0.3 is 10.1 Å². The van der Waals surface area contributed by atoms with Crippen molar-refractivity contribution < 1.29 is 9.53 Å². The van der Waals surface area contributed by atoms with Gasteiger partial charge in [0.25, 0.3) is 0 Å². The predicted octanol–water partition coefficient (Wildman–Crippen LogP) is 1.65. The smallest absolute Gasteiger partial charge is 0.310 e. The standard InChI is InChI=1S/C14H19NO2/c1-10-4-6-11(7-5-10)14(2)9-15-8-12(14)13(16)17-3/h4-7,12,15H,8-9H2,1-3H3. The van der Waals surface area contributed by atoms with Crippen LogP contribution in [0.2, 0.25) is 0 Å². The SMILES string of the molecule is COC(=O)C1CNCC1(C)c1ccc(C)cc1. The Kier molecular flexibility index (Phi) is 3.20. The molecular weight excluding hydrogens is 214 g/mol. The van der Waals surface area contributed by atoms with Crippen molar-refractivity contribution in [2.75, 3.05) is 20.2 Å². The lowest BCUT2D eigenvalue weighted by Crippen LogP contribution is -2.37. The van der Waals surface area contributed by atoms with E-state index in [-0.39, 0.29) is 17.3 Å². The van der Waals surface area contributed by atoms with Crippen molar-refractivity contribution in [2.45, 2.75) is 19.3 Å². The van der Waals surface area contributed by atoms with Gasteiger partial charge >= 0.3 is 5.97 Å². The summed E-state index contributed by atoms with van der Waals surface area (Å²) in [7, 11) is 1.45. The largest absolute Gasteiger partial charge is 0.469 e. The summed E-state index contributed by atoms with van der Waals surface area (Å²) in [5.74, 6) is -0.228. The van der Waals surface area contributed by atoms with Crippen molar-refractivity contribution in [3.63, 3.8) is 0 Å². The summed E-state index contributed by atoms with van der Waals surface area (Å²) in [5, 5.41) is 3.29. The number of nitrogens with one attached hydrogen (secondary N) is 1. The quantitative estimate of drug-likeness (QED) is 0.789.